The van der Waals surface area contributed by atoms with Crippen LogP contribution in [0.1, 0.15) is 30.7 Å². The number of furan rings is 1. The van der Waals surface area contributed by atoms with Crippen molar-refractivity contribution < 1.29 is 31.7 Å². The van der Waals surface area contributed by atoms with Gasteiger partial charge in [-0.05, 0) is 67.8 Å². The van der Waals surface area contributed by atoms with Gasteiger partial charge in [-0.15, -0.1) is 0 Å². The van der Waals surface area contributed by atoms with Crippen LogP contribution < -0.4 is 8.92 Å². The lowest BCUT2D eigenvalue weighted by molar-refractivity contribution is -0.152. The number of rotatable bonds is 12. The minimum atomic E-state index is -3.55. The molecular weight excluding hydrogens is 458 g/mol. The second-order valence-corrected chi connectivity index (χ2v) is 10.1. The number of benzene rings is 2. The van der Waals surface area contributed by atoms with Crippen LogP contribution in [-0.2, 0) is 34.4 Å². The van der Waals surface area contributed by atoms with E-state index < -0.39 is 21.7 Å². The van der Waals surface area contributed by atoms with E-state index >= 15 is 0 Å². The zero-order chi connectivity index (χ0) is 24.8. The molecule has 0 saturated heterocycles. The molecule has 182 valence electrons. The molecule has 2 aromatic carbocycles. The molecule has 0 spiro atoms. The first-order valence-corrected chi connectivity index (χ1v) is 12.6. The molecule has 0 unspecified atom stereocenters. The summed E-state index contributed by atoms with van der Waals surface area (Å²) in [5.41, 5.74) is 0.781. The van der Waals surface area contributed by atoms with Gasteiger partial charge in [0.05, 0.1) is 19.1 Å². The predicted octanol–water partition coefficient (Wildman–Crippen LogP) is 4.10. The van der Waals surface area contributed by atoms with Gasteiger partial charge in [0.2, 0.25) is 0 Å². The van der Waals surface area contributed by atoms with Crippen molar-refractivity contribution in [1.82, 2.24) is 4.90 Å². The van der Waals surface area contributed by atoms with Gasteiger partial charge in [0.15, 0.2) is 5.60 Å². The van der Waals surface area contributed by atoms with Crippen molar-refractivity contribution in [3.63, 3.8) is 0 Å². The molecular formula is C25H29NO7S. The zero-order valence-corrected chi connectivity index (χ0v) is 20.2. The van der Waals surface area contributed by atoms with Crippen molar-refractivity contribution in [2.24, 2.45) is 0 Å². The van der Waals surface area contributed by atoms with Crippen LogP contribution in [-0.4, -0.2) is 42.8 Å². The number of carbonyl (C=O) groups is 1. The number of hydrogen-bond donors (Lipinski definition) is 1. The van der Waals surface area contributed by atoms with Crippen LogP contribution in [0.3, 0.4) is 0 Å². The van der Waals surface area contributed by atoms with E-state index in [1.165, 1.54) is 13.8 Å². The molecule has 0 bridgehead atoms. The summed E-state index contributed by atoms with van der Waals surface area (Å²) in [6.45, 7) is 5.02. The van der Waals surface area contributed by atoms with E-state index in [2.05, 4.69) is 4.90 Å². The number of nitrogens with zero attached hydrogens (tertiary/aromatic N) is 1. The maximum absolute atomic E-state index is 11.3. The van der Waals surface area contributed by atoms with Crippen molar-refractivity contribution in [3.05, 3.63) is 83.8 Å². The minimum Gasteiger partial charge on any atom is -0.478 e. The Morgan fingerprint density at radius 1 is 0.971 bits per heavy atom. The molecule has 0 atom stereocenters. The summed E-state index contributed by atoms with van der Waals surface area (Å²) in [6, 6.07) is 18.1. The molecule has 0 aliphatic rings. The number of aliphatic carboxylic acids is 1. The molecule has 34 heavy (non-hydrogen) atoms. The predicted molar refractivity (Wildman–Crippen MR) is 127 cm³/mol. The largest absolute Gasteiger partial charge is 0.478 e. The Kier molecular flexibility index (Phi) is 8.01. The Labute approximate surface area is 199 Å². The number of hydrogen-bond acceptors (Lipinski definition) is 7. The van der Waals surface area contributed by atoms with Gasteiger partial charge in [-0.25, -0.2) is 4.79 Å². The van der Waals surface area contributed by atoms with Gasteiger partial charge >= 0.3 is 16.1 Å². The topological polar surface area (TPSA) is 106 Å². The van der Waals surface area contributed by atoms with Crippen LogP contribution in [0.2, 0.25) is 0 Å². The van der Waals surface area contributed by atoms with E-state index in [4.69, 9.17) is 13.3 Å². The third-order valence-electron chi connectivity index (χ3n) is 5.06. The van der Waals surface area contributed by atoms with Gasteiger partial charge in [0.1, 0.15) is 17.3 Å². The minimum absolute atomic E-state index is 0.284. The Morgan fingerprint density at radius 2 is 1.59 bits per heavy atom. The third-order valence-corrected chi connectivity index (χ3v) is 5.56. The standard InChI is InChI=1S/C25H29NO7S/c1-25(2,24(27)28)32-21-10-8-20(9-11-21)17-26(18-23-5-4-16-31-23)15-14-19-6-12-22(13-7-19)33-34(3,29)30/h4-13,16H,14-15,17-18H2,1-3H3,(H,27,28). The van der Waals surface area contributed by atoms with E-state index in [1.54, 1.807) is 30.5 Å². The molecule has 1 heterocycles. The first-order chi connectivity index (χ1) is 16.0. The third kappa shape index (κ3) is 7.93. The first-order valence-electron chi connectivity index (χ1n) is 10.7. The van der Waals surface area contributed by atoms with E-state index in [0.717, 1.165) is 36.1 Å². The fourth-order valence-corrected chi connectivity index (χ4v) is 3.73. The highest BCUT2D eigenvalue weighted by atomic mass is 32.2. The summed E-state index contributed by atoms with van der Waals surface area (Å²) in [4.78, 5) is 13.5. The lowest BCUT2D eigenvalue weighted by Gasteiger charge is -2.23. The molecule has 0 radical (unpaired) electrons. The Hall–Kier alpha value is -3.30. The quantitative estimate of drug-likeness (QED) is 0.381. The second kappa shape index (κ2) is 10.8. The summed E-state index contributed by atoms with van der Waals surface area (Å²) in [5.74, 6) is 0.592. The molecule has 3 aromatic rings. The van der Waals surface area contributed by atoms with E-state index in [1.807, 2.05) is 36.4 Å². The van der Waals surface area contributed by atoms with Gasteiger partial charge in [0.25, 0.3) is 0 Å². The summed E-state index contributed by atoms with van der Waals surface area (Å²) in [7, 11) is -3.55. The van der Waals surface area contributed by atoms with E-state index in [0.29, 0.717) is 18.8 Å². The lowest BCUT2D eigenvalue weighted by Crippen LogP contribution is -2.37. The van der Waals surface area contributed by atoms with Crippen LogP contribution in [0, 0.1) is 0 Å². The fourth-order valence-electron chi connectivity index (χ4n) is 3.27. The highest BCUT2D eigenvalue weighted by molar-refractivity contribution is 7.86. The summed E-state index contributed by atoms with van der Waals surface area (Å²) >= 11 is 0. The fraction of sp³-hybridized carbons (Fsp3) is 0.320. The smallest absolute Gasteiger partial charge is 0.347 e. The van der Waals surface area contributed by atoms with Crippen LogP contribution in [0.15, 0.2) is 71.3 Å². The maximum Gasteiger partial charge on any atom is 0.347 e. The average molecular weight is 488 g/mol. The van der Waals surface area contributed by atoms with Gasteiger partial charge in [-0.3, -0.25) is 4.90 Å². The second-order valence-electron chi connectivity index (χ2n) is 8.53. The highest BCUT2D eigenvalue weighted by Crippen LogP contribution is 2.21. The molecule has 9 heteroatoms. The Bertz CT molecular complexity index is 1170. The number of carboxylic acid groups (broad SMARTS) is 1. The van der Waals surface area contributed by atoms with Crippen LogP contribution in [0.4, 0.5) is 0 Å². The van der Waals surface area contributed by atoms with Crippen molar-refractivity contribution >= 4 is 16.1 Å². The average Bonchev–Trinajstić information content (AvgIpc) is 3.26. The van der Waals surface area contributed by atoms with Crippen LogP contribution >= 0.6 is 0 Å². The van der Waals surface area contributed by atoms with Crippen molar-refractivity contribution in [3.8, 4) is 11.5 Å². The van der Waals surface area contributed by atoms with E-state index in [-0.39, 0.29) is 5.75 Å². The zero-order valence-electron chi connectivity index (χ0n) is 19.4. The maximum atomic E-state index is 11.3. The molecule has 0 aliphatic heterocycles. The Morgan fingerprint density at radius 3 is 2.15 bits per heavy atom. The normalized spacial score (nSPS) is 12.0. The molecule has 1 aromatic heterocycles. The number of ether oxygens (including phenoxy) is 1. The lowest BCUT2D eigenvalue weighted by atomic mass is 10.1. The SMILES string of the molecule is CC(C)(Oc1ccc(CN(CCc2ccc(OS(C)(=O)=O)cc2)Cc2ccco2)cc1)C(=O)O. The molecule has 0 aliphatic carbocycles. The summed E-state index contributed by atoms with van der Waals surface area (Å²) in [5, 5.41) is 9.24. The van der Waals surface area contributed by atoms with Gasteiger partial charge in [0, 0.05) is 13.1 Å². The summed E-state index contributed by atoms with van der Waals surface area (Å²) < 4.78 is 38.5. The number of carboxylic acids is 1. The van der Waals surface area contributed by atoms with Crippen molar-refractivity contribution in [1.29, 1.82) is 0 Å². The molecule has 0 fully saturated rings. The Balaban J connectivity index is 1.65. The van der Waals surface area contributed by atoms with Gasteiger partial charge < -0.3 is 18.4 Å². The highest BCUT2D eigenvalue weighted by Gasteiger charge is 2.29. The molecule has 3 rings (SSSR count). The first kappa shape index (κ1) is 25.3. The van der Waals surface area contributed by atoms with Crippen molar-refractivity contribution in [2.45, 2.75) is 39.0 Å². The molecule has 8 nitrogen and oxygen atoms in total. The van der Waals surface area contributed by atoms with Crippen LogP contribution in [0.25, 0.3) is 0 Å². The molecule has 0 saturated carbocycles. The van der Waals surface area contributed by atoms with Gasteiger partial charge in [-0.1, -0.05) is 24.3 Å². The van der Waals surface area contributed by atoms with E-state index in [9.17, 15) is 18.3 Å². The monoisotopic (exact) mass is 487 g/mol. The molecule has 1 N–H and O–H groups in total. The summed E-state index contributed by atoms with van der Waals surface area (Å²) in [6.07, 6.45) is 3.40. The van der Waals surface area contributed by atoms with Crippen molar-refractivity contribution in [2.75, 3.05) is 12.8 Å². The van der Waals surface area contributed by atoms with Gasteiger partial charge in [-0.2, -0.15) is 8.42 Å². The molecule has 0 amide bonds. The van der Waals surface area contributed by atoms with Crippen LogP contribution in [0.5, 0.6) is 11.5 Å².